The third-order valence-corrected chi connectivity index (χ3v) is 3.51. The van der Waals surface area contributed by atoms with E-state index in [1.165, 1.54) is 7.11 Å². The van der Waals surface area contributed by atoms with Crippen LogP contribution in [0.1, 0.15) is 37.0 Å². The van der Waals surface area contributed by atoms with Crippen LogP contribution in [0.3, 0.4) is 0 Å². The minimum Gasteiger partial charge on any atom is -0.497 e. The summed E-state index contributed by atoms with van der Waals surface area (Å²) in [6, 6.07) is 5.05. The maximum atomic E-state index is 12.4. The summed E-state index contributed by atoms with van der Waals surface area (Å²) in [7, 11) is 3.07. The summed E-state index contributed by atoms with van der Waals surface area (Å²) in [5.74, 6) is 0.874. The molecule has 1 rings (SSSR count). The normalized spacial score (nSPS) is 13.4. The maximum absolute atomic E-state index is 12.4. The summed E-state index contributed by atoms with van der Waals surface area (Å²) in [5.41, 5.74) is 0.0162. The van der Waals surface area contributed by atoms with E-state index in [0.29, 0.717) is 23.5 Å². The summed E-state index contributed by atoms with van der Waals surface area (Å²) in [6.45, 7) is 3.92. The number of rotatable bonds is 7. The van der Waals surface area contributed by atoms with Gasteiger partial charge < -0.3 is 19.9 Å². The zero-order chi connectivity index (χ0) is 15.2. The molecule has 0 radical (unpaired) electrons. The van der Waals surface area contributed by atoms with Gasteiger partial charge in [-0.2, -0.15) is 0 Å². The van der Waals surface area contributed by atoms with Crippen molar-refractivity contribution < 1.29 is 19.4 Å². The molecule has 0 aliphatic carbocycles. The maximum Gasteiger partial charge on any atom is 0.255 e. The van der Waals surface area contributed by atoms with Crippen molar-refractivity contribution in [3.8, 4) is 11.5 Å². The third-order valence-electron chi connectivity index (χ3n) is 3.51. The molecule has 0 fully saturated rings. The van der Waals surface area contributed by atoms with Gasteiger partial charge in [-0.05, 0) is 31.9 Å². The molecule has 0 saturated heterocycles. The Balaban J connectivity index is 2.97. The predicted molar refractivity (Wildman–Crippen MR) is 77.4 cm³/mol. The first-order chi connectivity index (χ1) is 9.49. The molecule has 0 aliphatic heterocycles. The average molecular weight is 281 g/mol. The number of ether oxygens (including phenoxy) is 2. The van der Waals surface area contributed by atoms with Crippen LogP contribution < -0.4 is 14.8 Å². The SMILES string of the molecule is CCC(C)(CCO)NC(=O)c1ccc(OC)cc1OC. The van der Waals surface area contributed by atoms with Crippen LogP contribution in [0.2, 0.25) is 0 Å². The van der Waals surface area contributed by atoms with Gasteiger partial charge in [0.15, 0.2) is 0 Å². The van der Waals surface area contributed by atoms with Crippen molar-refractivity contribution in [3.05, 3.63) is 23.8 Å². The molecule has 0 heterocycles. The van der Waals surface area contributed by atoms with Gasteiger partial charge in [-0.25, -0.2) is 0 Å². The topological polar surface area (TPSA) is 67.8 Å². The van der Waals surface area contributed by atoms with Gasteiger partial charge in [-0.3, -0.25) is 4.79 Å². The monoisotopic (exact) mass is 281 g/mol. The van der Waals surface area contributed by atoms with Crippen LogP contribution in [0.5, 0.6) is 11.5 Å². The molecule has 5 nitrogen and oxygen atoms in total. The number of carbonyl (C=O) groups excluding carboxylic acids is 1. The molecular formula is C15H23NO4. The highest BCUT2D eigenvalue weighted by molar-refractivity contribution is 5.97. The average Bonchev–Trinajstić information content (AvgIpc) is 2.46. The molecule has 1 aromatic carbocycles. The number of hydrogen-bond acceptors (Lipinski definition) is 4. The molecule has 1 amide bonds. The predicted octanol–water partition coefficient (Wildman–Crippen LogP) is 1.98. The number of methoxy groups -OCH3 is 2. The van der Waals surface area contributed by atoms with Gasteiger partial charge in [0.1, 0.15) is 11.5 Å². The fraction of sp³-hybridized carbons (Fsp3) is 0.533. The highest BCUT2D eigenvalue weighted by atomic mass is 16.5. The van der Waals surface area contributed by atoms with Crippen molar-refractivity contribution in [2.75, 3.05) is 20.8 Å². The summed E-state index contributed by atoms with van der Waals surface area (Å²) >= 11 is 0. The Bertz CT molecular complexity index is 461. The van der Waals surface area contributed by atoms with Crippen LogP contribution in [0.15, 0.2) is 18.2 Å². The van der Waals surface area contributed by atoms with Crippen LogP contribution in [0.4, 0.5) is 0 Å². The minimum absolute atomic E-state index is 0.0321. The number of hydrogen-bond donors (Lipinski definition) is 2. The third kappa shape index (κ3) is 3.87. The number of carbonyl (C=O) groups is 1. The van der Waals surface area contributed by atoms with Gasteiger partial charge in [0.25, 0.3) is 5.91 Å². The van der Waals surface area contributed by atoms with E-state index >= 15 is 0 Å². The van der Waals surface area contributed by atoms with E-state index in [0.717, 1.165) is 6.42 Å². The van der Waals surface area contributed by atoms with Gasteiger partial charge in [0.2, 0.25) is 0 Å². The van der Waals surface area contributed by atoms with Gasteiger partial charge in [-0.15, -0.1) is 0 Å². The number of aliphatic hydroxyl groups excluding tert-OH is 1. The lowest BCUT2D eigenvalue weighted by Gasteiger charge is -2.29. The van der Waals surface area contributed by atoms with E-state index in [9.17, 15) is 4.79 Å². The van der Waals surface area contributed by atoms with Gasteiger partial charge in [0, 0.05) is 18.2 Å². The second-order valence-corrected chi connectivity index (χ2v) is 4.91. The van der Waals surface area contributed by atoms with E-state index in [2.05, 4.69) is 5.32 Å². The number of aliphatic hydroxyl groups is 1. The van der Waals surface area contributed by atoms with Gasteiger partial charge >= 0.3 is 0 Å². The fourth-order valence-electron chi connectivity index (χ4n) is 1.90. The van der Waals surface area contributed by atoms with Crippen LogP contribution in [-0.2, 0) is 0 Å². The second kappa shape index (κ2) is 7.14. The van der Waals surface area contributed by atoms with Crippen molar-refractivity contribution in [2.24, 2.45) is 0 Å². The van der Waals surface area contributed by atoms with Crippen molar-refractivity contribution in [3.63, 3.8) is 0 Å². The smallest absolute Gasteiger partial charge is 0.255 e. The van der Waals surface area contributed by atoms with E-state index in [4.69, 9.17) is 14.6 Å². The van der Waals surface area contributed by atoms with E-state index in [-0.39, 0.29) is 12.5 Å². The summed E-state index contributed by atoms with van der Waals surface area (Å²) in [6.07, 6.45) is 1.24. The van der Waals surface area contributed by atoms with Crippen LogP contribution in [-0.4, -0.2) is 37.4 Å². The molecule has 5 heteroatoms. The molecule has 0 spiro atoms. The first-order valence-corrected chi connectivity index (χ1v) is 6.65. The van der Waals surface area contributed by atoms with Gasteiger partial charge in [-0.1, -0.05) is 6.92 Å². The van der Waals surface area contributed by atoms with Crippen LogP contribution in [0, 0.1) is 0 Å². The number of nitrogens with one attached hydrogen (secondary N) is 1. The van der Waals surface area contributed by atoms with Crippen molar-refractivity contribution in [1.29, 1.82) is 0 Å². The molecular weight excluding hydrogens is 258 g/mol. The molecule has 0 aromatic heterocycles. The second-order valence-electron chi connectivity index (χ2n) is 4.91. The summed E-state index contributed by atoms with van der Waals surface area (Å²) < 4.78 is 10.3. The van der Waals surface area contributed by atoms with Crippen molar-refractivity contribution in [2.45, 2.75) is 32.2 Å². The molecule has 112 valence electrons. The lowest BCUT2D eigenvalue weighted by molar-refractivity contribution is 0.0883. The van der Waals surface area contributed by atoms with E-state index < -0.39 is 5.54 Å². The van der Waals surface area contributed by atoms with Crippen LogP contribution in [0.25, 0.3) is 0 Å². The minimum atomic E-state index is -0.434. The molecule has 0 saturated carbocycles. The Morgan fingerprint density at radius 2 is 2.05 bits per heavy atom. The van der Waals surface area contributed by atoms with Gasteiger partial charge in [0.05, 0.1) is 19.8 Å². The zero-order valence-electron chi connectivity index (χ0n) is 12.5. The molecule has 0 aliphatic rings. The Kier molecular flexibility index (Phi) is 5.82. The Morgan fingerprint density at radius 1 is 1.35 bits per heavy atom. The highest BCUT2D eigenvalue weighted by Crippen LogP contribution is 2.25. The van der Waals surface area contributed by atoms with Crippen molar-refractivity contribution >= 4 is 5.91 Å². The summed E-state index contributed by atoms with van der Waals surface area (Å²) in [5, 5.41) is 12.0. The largest absolute Gasteiger partial charge is 0.497 e. The number of amides is 1. The summed E-state index contributed by atoms with van der Waals surface area (Å²) in [4.78, 5) is 12.4. The standard InChI is InChI=1S/C15H23NO4/c1-5-15(2,8-9-17)16-14(18)12-7-6-11(19-3)10-13(12)20-4/h6-7,10,17H,5,8-9H2,1-4H3,(H,16,18). The number of benzene rings is 1. The molecule has 1 aromatic rings. The molecule has 2 N–H and O–H groups in total. The van der Waals surface area contributed by atoms with Crippen LogP contribution >= 0.6 is 0 Å². The fourth-order valence-corrected chi connectivity index (χ4v) is 1.90. The first kappa shape index (κ1) is 16.3. The highest BCUT2D eigenvalue weighted by Gasteiger charge is 2.25. The molecule has 0 bridgehead atoms. The lowest BCUT2D eigenvalue weighted by Crippen LogP contribution is -2.46. The van der Waals surface area contributed by atoms with E-state index in [1.807, 2.05) is 13.8 Å². The lowest BCUT2D eigenvalue weighted by atomic mass is 9.94. The van der Waals surface area contributed by atoms with Crippen molar-refractivity contribution in [1.82, 2.24) is 5.32 Å². The Labute approximate surface area is 119 Å². The molecule has 1 unspecified atom stereocenters. The quantitative estimate of drug-likeness (QED) is 0.802. The van der Waals surface area contributed by atoms with E-state index in [1.54, 1.807) is 25.3 Å². The first-order valence-electron chi connectivity index (χ1n) is 6.65. The zero-order valence-corrected chi connectivity index (χ0v) is 12.5. The molecule has 1 atom stereocenters. The Hall–Kier alpha value is -1.75. The molecule has 20 heavy (non-hydrogen) atoms. The Morgan fingerprint density at radius 3 is 2.55 bits per heavy atom.